The summed E-state index contributed by atoms with van der Waals surface area (Å²) in [5, 5.41) is 22.3. The maximum absolute atomic E-state index is 14.4. The zero-order valence-corrected chi connectivity index (χ0v) is 30.8. The third-order valence-corrected chi connectivity index (χ3v) is 8.76. The van der Waals surface area contributed by atoms with E-state index in [1.54, 1.807) is 67.1 Å². The smallest absolute Gasteiger partial charge is 0.320 e. The molecule has 4 N–H and O–H groups in total. The molecule has 0 aliphatic carbocycles. The minimum atomic E-state index is -0.558. The van der Waals surface area contributed by atoms with E-state index in [9.17, 15) is 18.8 Å². The van der Waals surface area contributed by atoms with Crippen molar-refractivity contribution in [3.63, 3.8) is 0 Å². The fraction of sp³-hybridized carbons (Fsp3) is 0.263. The highest BCUT2D eigenvalue weighted by Crippen LogP contribution is 2.29. The summed E-state index contributed by atoms with van der Waals surface area (Å²) in [7, 11) is 0. The SMILES string of the molecule is Cc1ccc(C(=O)NCCO)cc1-n1c(C)cc(OCc2ccc(F)cc2CNC(=O)Nc2cc(C(C)(C)C)nn2-c2cccc(Cl)c2)c(Cl)c1=O. The van der Waals surface area contributed by atoms with Gasteiger partial charge in [0.1, 0.15) is 29.0 Å². The first kappa shape index (κ1) is 38.1. The van der Waals surface area contributed by atoms with Crippen molar-refractivity contribution in [3.8, 4) is 17.1 Å². The Kier molecular flexibility index (Phi) is 11.7. The normalized spacial score (nSPS) is 11.3. The molecule has 0 bridgehead atoms. The zero-order chi connectivity index (χ0) is 37.7. The molecule has 5 aromatic rings. The molecule has 0 spiro atoms. The van der Waals surface area contributed by atoms with Crippen LogP contribution in [0.2, 0.25) is 10.0 Å². The number of carbonyl (C=O) groups is 2. The monoisotopic (exact) mass is 748 g/mol. The highest BCUT2D eigenvalue weighted by Gasteiger charge is 2.22. The van der Waals surface area contributed by atoms with E-state index in [0.29, 0.717) is 44.6 Å². The minimum absolute atomic E-state index is 0.0461. The topological polar surface area (TPSA) is 140 Å². The number of carbonyl (C=O) groups excluding carboxylic acids is 2. The molecule has 5 rings (SSSR count). The summed E-state index contributed by atoms with van der Waals surface area (Å²) in [4.78, 5) is 39.2. The number of anilines is 1. The number of pyridine rings is 1. The summed E-state index contributed by atoms with van der Waals surface area (Å²) in [5.41, 5.74) is 3.54. The van der Waals surface area contributed by atoms with Crippen LogP contribution < -0.4 is 26.2 Å². The summed E-state index contributed by atoms with van der Waals surface area (Å²) in [6, 6.07) is 19.0. The van der Waals surface area contributed by atoms with Crippen LogP contribution in [0.5, 0.6) is 5.75 Å². The molecule has 0 aliphatic rings. The molecule has 0 saturated heterocycles. The number of urea groups is 1. The van der Waals surface area contributed by atoms with Gasteiger partial charge in [-0.1, -0.05) is 62.2 Å². The van der Waals surface area contributed by atoms with E-state index in [2.05, 4.69) is 16.0 Å². The predicted octanol–water partition coefficient (Wildman–Crippen LogP) is 7.01. The average Bonchev–Trinajstić information content (AvgIpc) is 3.53. The minimum Gasteiger partial charge on any atom is -0.487 e. The van der Waals surface area contributed by atoms with Gasteiger partial charge in [-0.25, -0.2) is 13.9 Å². The molecule has 0 aliphatic heterocycles. The van der Waals surface area contributed by atoms with Gasteiger partial charge in [0.25, 0.3) is 11.5 Å². The standard InChI is InChI=1S/C38H39Cl2FN6O5/c1-22-9-10-24(35(49)42-13-14-48)17-30(22)46-23(2)15-31(34(40)36(46)50)52-21-25-11-12-28(41)16-26(25)20-43-37(51)44-33-19-32(38(3,4)5)45-47(33)29-8-6-7-27(39)18-29/h6-12,15-19,48H,13-14,20-21H2,1-5H3,(H,42,49)(H2,43,44,51). The Morgan fingerprint density at radius 2 is 1.73 bits per heavy atom. The van der Waals surface area contributed by atoms with Crippen LogP contribution in [-0.4, -0.2) is 44.5 Å². The summed E-state index contributed by atoms with van der Waals surface area (Å²) in [5.74, 6) is -0.374. The number of nitrogens with one attached hydrogen (secondary N) is 3. The quantitative estimate of drug-likeness (QED) is 0.115. The Hall–Kier alpha value is -5.17. The van der Waals surface area contributed by atoms with Crippen LogP contribution >= 0.6 is 23.2 Å². The maximum Gasteiger partial charge on any atom is 0.320 e. The number of benzene rings is 3. The number of aryl methyl sites for hydroxylation is 2. The molecule has 272 valence electrons. The van der Waals surface area contributed by atoms with Gasteiger partial charge in [-0.2, -0.15) is 5.10 Å². The first-order valence-corrected chi connectivity index (χ1v) is 17.2. The fourth-order valence-electron chi connectivity index (χ4n) is 5.38. The lowest BCUT2D eigenvalue weighted by Crippen LogP contribution is -2.29. The molecular weight excluding hydrogens is 710 g/mol. The van der Waals surface area contributed by atoms with Crippen LogP contribution in [0.1, 0.15) is 59.2 Å². The number of hydrogen-bond donors (Lipinski definition) is 4. The highest BCUT2D eigenvalue weighted by molar-refractivity contribution is 6.32. The molecule has 2 heterocycles. The van der Waals surface area contributed by atoms with Crippen molar-refractivity contribution >= 4 is 41.0 Å². The number of amides is 3. The lowest BCUT2D eigenvalue weighted by Gasteiger charge is -2.18. The lowest BCUT2D eigenvalue weighted by atomic mass is 9.92. The van der Waals surface area contributed by atoms with Gasteiger partial charge in [0.2, 0.25) is 0 Å². The van der Waals surface area contributed by atoms with E-state index >= 15 is 0 Å². The number of rotatable bonds is 11. The Morgan fingerprint density at radius 1 is 0.962 bits per heavy atom. The van der Waals surface area contributed by atoms with Crippen molar-refractivity contribution in [2.45, 2.75) is 53.2 Å². The van der Waals surface area contributed by atoms with E-state index < -0.39 is 23.3 Å². The Balaban J connectivity index is 1.33. The summed E-state index contributed by atoms with van der Waals surface area (Å²) >= 11 is 12.8. The van der Waals surface area contributed by atoms with E-state index in [-0.39, 0.29) is 42.5 Å². The van der Waals surface area contributed by atoms with E-state index in [4.69, 9.17) is 38.1 Å². The van der Waals surface area contributed by atoms with Crippen LogP contribution in [0.4, 0.5) is 15.0 Å². The highest BCUT2D eigenvalue weighted by atomic mass is 35.5. The molecular formula is C38H39Cl2FN6O5. The van der Waals surface area contributed by atoms with Gasteiger partial charge in [0, 0.05) is 46.9 Å². The number of halogens is 3. The number of aliphatic hydroxyl groups excluding tert-OH is 1. The van der Waals surface area contributed by atoms with Crippen molar-refractivity contribution in [3.05, 3.63) is 133 Å². The van der Waals surface area contributed by atoms with Crippen molar-refractivity contribution in [2.75, 3.05) is 18.5 Å². The number of ether oxygens (including phenoxy) is 1. The van der Waals surface area contributed by atoms with Crippen LogP contribution in [0.3, 0.4) is 0 Å². The average molecular weight is 750 g/mol. The van der Waals surface area contributed by atoms with Crippen molar-refractivity contribution in [2.24, 2.45) is 0 Å². The third-order valence-electron chi connectivity index (χ3n) is 8.17. The number of hydrogen-bond acceptors (Lipinski definition) is 6. The lowest BCUT2D eigenvalue weighted by molar-refractivity contribution is 0.0944. The first-order chi connectivity index (χ1) is 24.7. The molecule has 3 amide bonds. The molecule has 14 heteroatoms. The summed E-state index contributed by atoms with van der Waals surface area (Å²) in [6.07, 6.45) is 0. The predicted molar refractivity (Wildman–Crippen MR) is 200 cm³/mol. The van der Waals surface area contributed by atoms with Gasteiger partial charge in [-0.15, -0.1) is 0 Å². The van der Waals surface area contributed by atoms with E-state index in [0.717, 1.165) is 11.3 Å². The second kappa shape index (κ2) is 16.0. The Morgan fingerprint density at radius 3 is 2.44 bits per heavy atom. The second-order valence-corrected chi connectivity index (χ2v) is 14.0. The Labute approximate surface area is 310 Å². The van der Waals surface area contributed by atoms with Crippen LogP contribution in [0.15, 0.2) is 77.6 Å². The molecule has 0 atom stereocenters. The number of aromatic nitrogens is 3. The van der Waals surface area contributed by atoms with Gasteiger partial charge in [-0.05, 0) is 73.0 Å². The van der Waals surface area contributed by atoms with Crippen molar-refractivity contribution in [1.82, 2.24) is 25.0 Å². The number of aliphatic hydroxyl groups is 1. The molecule has 3 aromatic carbocycles. The van der Waals surface area contributed by atoms with Crippen molar-refractivity contribution < 1.29 is 23.8 Å². The molecule has 2 aromatic heterocycles. The van der Waals surface area contributed by atoms with Crippen LogP contribution in [0.25, 0.3) is 11.4 Å². The Bertz CT molecular complexity index is 2190. The molecule has 0 fully saturated rings. The van der Waals surface area contributed by atoms with E-state index in [1.165, 1.54) is 22.8 Å². The van der Waals surface area contributed by atoms with Gasteiger partial charge in [0.15, 0.2) is 0 Å². The summed E-state index contributed by atoms with van der Waals surface area (Å²) < 4.78 is 23.4. The third kappa shape index (κ3) is 8.82. The maximum atomic E-state index is 14.4. The van der Waals surface area contributed by atoms with Crippen molar-refractivity contribution in [1.29, 1.82) is 0 Å². The van der Waals surface area contributed by atoms with E-state index in [1.807, 2.05) is 26.8 Å². The van der Waals surface area contributed by atoms with Gasteiger partial charge in [-0.3, -0.25) is 19.5 Å². The number of nitrogens with zero attached hydrogens (tertiary/aromatic N) is 3. The molecule has 11 nitrogen and oxygen atoms in total. The summed E-state index contributed by atoms with van der Waals surface area (Å²) in [6.45, 7) is 9.30. The second-order valence-electron chi connectivity index (χ2n) is 13.2. The largest absolute Gasteiger partial charge is 0.487 e. The first-order valence-electron chi connectivity index (χ1n) is 16.4. The fourth-order valence-corrected chi connectivity index (χ4v) is 5.76. The van der Waals surface area contributed by atoms with Gasteiger partial charge < -0.3 is 20.5 Å². The molecule has 0 unspecified atom stereocenters. The van der Waals surface area contributed by atoms with Gasteiger partial charge >= 0.3 is 6.03 Å². The van der Waals surface area contributed by atoms with Crippen LogP contribution in [0, 0.1) is 19.7 Å². The molecule has 52 heavy (non-hydrogen) atoms. The van der Waals surface area contributed by atoms with Crippen LogP contribution in [-0.2, 0) is 18.6 Å². The zero-order valence-electron chi connectivity index (χ0n) is 29.3. The van der Waals surface area contributed by atoms with Gasteiger partial charge in [0.05, 0.1) is 23.7 Å². The molecule has 0 radical (unpaired) electrons. The molecule has 0 saturated carbocycles.